The summed E-state index contributed by atoms with van der Waals surface area (Å²) in [6.45, 7) is 2.34. The molecule has 6 heteroatoms. The van der Waals surface area contributed by atoms with Gasteiger partial charge in [-0.1, -0.05) is 30.3 Å². The van der Waals surface area contributed by atoms with Crippen molar-refractivity contribution in [1.29, 1.82) is 0 Å². The summed E-state index contributed by atoms with van der Waals surface area (Å²) in [6.07, 6.45) is 5.78. The van der Waals surface area contributed by atoms with Gasteiger partial charge in [-0.15, -0.1) is 0 Å². The zero-order chi connectivity index (χ0) is 18.6. The first kappa shape index (κ1) is 17.4. The van der Waals surface area contributed by atoms with Gasteiger partial charge in [-0.05, 0) is 24.7 Å². The van der Waals surface area contributed by atoms with Gasteiger partial charge in [-0.2, -0.15) is 0 Å². The molecule has 1 fully saturated rings. The molecule has 2 aromatic heterocycles. The number of aromatic nitrogens is 3. The highest BCUT2D eigenvalue weighted by atomic mass is 16.2. The van der Waals surface area contributed by atoms with Gasteiger partial charge < -0.3 is 14.8 Å². The number of carbonyl (C=O) groups is 1. The number of imidazole rings is 1. The van der Waals surface area contributed by atoms with E-state index in [9.17, 15) is 4.79 Å². The van der Waals surface area contributed by atoms with Crippen LogP contribution in [0.3, 0.4) is 0 Å². The number of hydrogen-bond donors (Lipinski definition) is 1. The molecular formula is C21H23N5O. The lowest BCUT2D eigenvalue weighted by molar-refractivity contribution is -0.135. The Hall–Kier alpha value is -2.99. The first-order chi connectivity index (χ1) is 13.2. The average molecular weight is 361 g/mol. The number of carbonyl (C=O) groups excluding carboxylic acids is 1. The van der Waals surface area contributed by atoms with Crippen LogP contribution < -0.4 is 0 Å². The predicted octanol–water partition coefficient (Wildman–Crippen LogP) is 2.53. The molecule has 138 valence electrons. The molecule has 1 aliphatic heterocycles. The molecule has 1 aromatic carbocycles. The van der Waals surface area contributed by atoms with Crippen LogP contribution in [0.2, 0.25) is 0 Å². The number of aromatic amines is 1. The van der Waals surface area contributed by atoms with Crippen LogP contribution in [0.5, 0.6) is 0 Å². The molecular weight excluding hydrogens is 338 g/mol. The second-order valence-electron chi connectivity index (χ2n) is 6.95. The fourth-order valence-corrected chi connectivity index (χ4v) is 3.51. The molecule has 1 unspecified atom stereocenters. The lowest BCUT2D eigenvalue weighted by atomic mass is 10.1. The van der Waals surface area contributed by atoms with Crippen molar-refractivity contribution in [3.63, 3.8) is 0 Å². The van der Waals surface area contributed by atoms with E-state index < -0.39 is 0 Å². The Labute approximate surface area is 158 Å². The molecule has 3 heterocycles. The summed E-state index contributed by atoms with van der Waals surface area (Å²) in [5.74, 6) is 0.968. The number of nitrogens with zero attached hydrogens (tertiary/aromatic N) is 4. The predicted molar refractivity (Wildman–Crippen MR) is 104 cm³/mol. The fourth-order valence-electron chi connectivity index (χ4n) is 3.51. The quantitative estimate of drug-likeness (QED) is 0.776. The highest BCUT2D eigenvalue weighted by Gasteiger charge is 2.32. The van der Waals surface area contributed by atoms with Gasteiger partial charge >= 0.3 is 0 Å². The van der Waals surface area contributed by atoms with Gasteiger partial charge in [-0.3, -0.25) is 9.78 Å². The number of nitrogens with one attached hydrogen (secondary N) is 1. The third kappa shape index (κ3) is 3.90. The highest BCUT2D eigenvalue weighted by Crippen LogP contribution is 2.26. The van der Waals surface area contributed by atoms with E-state index in [1.165, 1.54) is 0 Å². The molecule has 1 saturated heterocycles. The van der Waals surface area contributed by atoms with Crippen LogP contribution >= 0.6 is 0 Å². The Kier molecular flexibility index (Phi) is 4.98. The molecule has 1 aliphatic rings. The van der Waals surface area contributed by atoms with E-state index in [4.69, 9.17) is 0 Å². The average Bonchev–Trinajstić information content (AvgIpc) is 3.19. The van der Waals surface area contributed by atoms with E-state index in [0.717, 1.165) is 35.7 Å². The molecule has 0 bridgehead atoms. The molecule has 0 radical (unpaired) electrons. The molecule has 6 nitrogen and oxygen atoms in total. The molecule has 0 spiro atoms. The van der Waals surface area contributed by atoms with Gasteiger partial charge in [0.1, 0.15) is 11.9 Å². The van der Waals surface area contributed by atoms with Gasteiger partial charge in [0, 0.05) is 37.6 Å². The Morgan fingerprint density at radius 3 is 2.70 bits per heavy atom. The Morgan fingerprint density at radius 2 is 1.93 bits per heavy atom. The van der Waals surface area contributed by atoms with E-state index in [1.807, 2.05) is 53.6 Å². The lowest BCUT2D eigenvalue weighted by Gasteiger charge is -2.39. The number of likely N-dealkylation sites (N-methyl/N-ethyl adjacent to an activating group) is 1. The number of rotatable bonds is 4. The summed E-state index contributed by atoms with van der Waals surface area (Å²) in [6, 6.07) is 13.7. The normalized spacial score (nSPS) is 17.8. The standard InChI is InChI=1S/C21H23N5O/c1-25-11-12-26(20(27)13-16-5-3-2-4-6-16)19(15-25)21-23-14-18(24-21)17-7-9-22-10-8-17/h2-10,14,19H,11-13,15H2,1H3,(H,23,24). The van der Waals surface area contributed by atoms with Crippen molar-refractivity contribution in [3.8, 4) is 11.3 Å². The first-order valence-electron chi connectivity index (χ1n) is 9.18. The van der Waals surface area contributed by atoms with E-state index in [0.29, 0.717) is 13.0 Å². The second-order valence-corrected chi connectivity index (χ2v) is 6.95. The van der Waals surface area contributed by atoms with Crippen LogP contribution in [0.4, 0.5) is 0 Å². The van der Waals surface area contributed by atoms with Crippen LogP contribution in [-0.4, -0.2) is 57.3 Å². The third-order valence-electron chi connectivity index (χ3n) is 5.00. The van der Waals surface area contributed by atoms with Crippen molar-refractivity contribution in [2.75, 3.05) is 26.7 Å². The molecule has 3 aromatic rings. The van der Waals surface area contributed by atoms with Gasteiger partial charge in [-0.25, -0.2) is 4.98 Å². The van der Waals surface area contributed by atoms with Gasteiger partial charge in [0.15, 0.2) is 0 Å². The summed E-state index contributed by atoms with van der Waals surface area (Å²) < 4.78 is 0. The van der Waals surface area contributed by atoms with Crippen molar-refractivity contribution in [1.82, 2.24) is 24.8 Å². The number of H-pyrrole nitrogens is 1. The summed E-state index contributed by atoms with van der Waals surface area (Å²) in [5.41, 5.74) is 3.02. The maximum atomic E-state index is 13.0. The topological polar surface area (TPSA) is 65.1 Å². The molecule has 0 aliphatic carbocycles. The monoisotopic (exact) mass is 361 g/mol. The number of benzene rings is 1. The lowest BCUT2D eigenvalue weighted by Crippen LogP contribution is -2.50. The minimum atomic E-state index is -0.0736. The van der Waals surface area contributed by atoms with Crippen molar-refractivity contribution < 1.29 is 4.79 Å². The van der Waals surface area contributed by atoms with E-state index in [-0.39, 0.29) is 11.9 Å². The minimum absolute atomic E-state index is 0.0736. The van der Waals surface area contributed by atoms with E-state index in [1.54, 1.807) is 12.4 Å². The summed E-state index contributed by atoms with van der Waals surface area (Å²) >= 11 is 0. The number of piperazine rings is 1. The largest absolute Gasteiger partial charge is 0.340 e. The van der Waals surface area contributed by atoms with Crippen LogP contribution in [0.15, 0.2) is 61.1 Å². The number of pyridine rings is 1. The van der Waals surface area contributed by atoms with Crippen molar-refractivity contribution >= 4 is 5.91 Å². The molecule has 0 saturated carbocycles. The second kappa shape index (κ2) is 7.72. The van der Waals surface area contributed by atoms with Crippen molar-refractivity contribution in [2.24, 2.45) is 0 Å². The van der Waals surface area contributed by atoms with Crippen LogP contribution in [-0.2, 0) is 11.2 Å². The zero-order valence-corrected chi connectivity index (χ0v) is 15.4. The number of hydrogen-bond acceptors (Lipinski definition) is 4. The summed E-state index contributed by atoms with van der Waals surface area (Å²) in [5, 5.41) is 0. The van der Waals surface area contributed by atoms with Crippen LogP contribution in [0.1, 0.15) is 17.4 Å². The minimum Gasteiger partial charge on any atom is -0.340 e. The smallest absolute Gasteiger partial charge is 0.227 e. The van der Waals surface area contributed by atoms with Gasteiger partial charge in [0.2, 0.25) is 5.91 Å². The molecule has 27 heavy (non-hydrogen) atoms. The summed E-state index contributed by atoms with van der Waals surface area (Å²) in [7, 11) is 2.08. The van der Waals surface area contributed by atoms with Gasteiger partial charge in [0.25, 0.3) is 0 Å². The highest BCUT2D eigenvalue weighted by molar-refractivity contribution is 5.79. The molecule has 4 rings (SSSR count). The zero-order valence-electron chi connectivity index (χ0n) is 15.4. The van der Waals surface area contributed by atoms with Gasteiger partial charge in [0.05, 0.1) is 18.3 Å². The SMILES string of the molecule is CN1CCN(C(=O)Cc2ccccc2)C(c2ncc(-c3ccncc3)[nH]2)C1. The number of amides is 1. The van der Waals surface area contributed by atoms with Crippen LogP contribution in [0, 0.1) is 0 Å². The van der Waals surface area contributed by atoms with Crippen molar-refractivity contribution in [3.05, 3.63) is 72.4 Å². The van der Waals surface area contributed by atoms with Crippen molar-refractivity contribution in [2.45, 2.75) is 12.5 Å². The maximum absolute atomic E-state index is 13.0. The maximum Gasteiger partial charge on any atom is 0.227 e. The fraction of sp³-hybridized carbons (Fsp3) is 0.286. The molecule has 1 amide bonds. The van der Waals surface area contributed by atoms with E-state index >= 15 is 0 Å². The molecule has 1 atom stereocenters. The van der Waals surface area contributed by atoms with E-state index in [2.05, 4.69) is 26.9 Å². The Morgan fingerprint density at radius 1 is 1.15 bits per heavy atom. The van der Waals surface area contributed by atoms with Crippen LogP contribution in [0.25, 0.3) is 11.3 Å². The molecule has 1 N–H and O–H groups in total. The Bertz CT molecular complexity index is 893. The third-order valence-corrected chi connectivity index (χ3v) is 5.00. The Balaban J connectivity index is 1.57. The summed E-state index contributed by atoms with van der Waals surface area (Å²) in [4.78, 5) is 29.3. The first-order valence-corrected chi connectivity index (χ1v) is 9.18.